The lowest BCUT2D eigenvalue weighted by molar-refractivity contribution is 0.466. The van der Waals surface area contributed by atoms with E-state index >= 15 is 0 Å². The monoisotopic (exact) mass is 414 g/mol. The molecule has 0 saturated carbocycles. The Bertz CT molecular complexity index is 991. The Morgan fingerprint density at radius 2 is 1.38 bits per heavy atom. The number of rotatable bonds is 8. The minimum Gasteiger partial charge on any atom is -0.508 e. The molecule has 0 bridgehead atoms. The van der Waals surface area contributed by atoms with Gasteiger partial charge < -0.3 is 5.11 Å². The third kappa shape index (κ3) is 7.52. The molecule has 29 heavy (non-hydrogen) atoms. The molecule has 0 saturated heterocycles. The summed E-state index contributed by atoms with van der Waals surface area (Å²) in [6.07, 6.45) is 8.85. The van der Waals surface area contributed by atoms with Crippen molar-refractivity contribution in [1.82, 2.24) is 0 Å². The van der Waals surface area contributed by atoms with E-state index in [-0.39, 0.29) is 4.90 Å². The Hall–Kier alpha value is -2.37. The van der Waals surface area contributed by atoms with Gasteiger partial charge in [-0.25, -0.2) is 0 Å². The Labute approximate surface area is 174 Å². The zero-order chi connectivity index (χ0) is 21.1. The first-order valence-electron chi connectivity index (χ1n) is 10.2. The lowest BCUT2D eigenvalue weighted by atomic mass is 10.0. The number of fused-ring (bicyclic) bond motifs is 1. The SMILES string of the molecule is CCCCCCCCc1ccccc1O.O=S(=O)(O)c1cccc2ccccc12. The summed E-state index contributed by atoms with van der Waals surface area (Å²) in [5.41, 5.74) is 1.09. The fourth-order valence-corrected chi connectivity index (χ4v) is 3.95. The van der Waals surface area contributed by atoms with E-state index in [1.807, 2.05) is 24.3 Å². The van der Waals surface area contributed by atoms with Gasteiger partial charge in [-0.2, -0.15) is 8.42 Å². The highest BCUT2D eigenvalue weighted by molar-refractivity contribution is 7.86. The maximum absolute atomic E-state index is 11.0. The second kappa shape index (κ2) is 11.6. The number of aromatic hydroxyl groups is 1. The number of unbranched alkanes of at least 4 members (excludes halogenated alkanes) is 5. The number of hydrogen-bond acceptors (Lipinski definition) is 3. The van der Waals surface area contributed by atoms with Crippen molar-refractivity contribution in [2.24, 2.45) is 0 Å². The van der Waals surface area contributed by atoms with Crippen molar-refractivity contribution in [3.8, 4) is 5.75 Å². The lowest BCUT2D eigenvalue weighted by Crippen LogP contribution is -1.98. The van der Waals surface area contributed by atoms with Crippen LogP contribution in [-0.4, -0.2) is 18.1 Å². The quantitative estimate of drug-likeness (QED) is 0.331. The molecule has 0 aliphatic heterocycles. The van der Waals surface area contributed by atoms with Crippen LogP contribution in [0.2, 0.25) is 0 Å². The van der Waals surface area contributed by atoms with Crippen LogP contribution in [-0.2, 0) is 16.5 Å². The van der Waals surface area contributed by atoms with Gasteiger partial charge in [-0.15, -0.1) is 0 Å². The summed E-state index contributed by atoms with van der Waals surface area (Å²) in [4.78, 5) is -0.0457. The molecule has 0 aliphatic carbocycles. The van der Waals surface area contributed by atoms with E-state index < -0.39 is 10.1 Å². The van der Waals surface area contributed by atoms with Crippen LogP contribution >= 0.6 is 0 Å². The first-order chi connectivity index (χ1) is 13.9. The molecule has 0 amide bonds. The molecule has 0 heterocycles. The fraction of sp³-hybridized carbons (Fsp3) is 0.333. The smallest absolute Gasteiger partial charge is 0.295 e. The van der Waals surface area contributed by atoms with Crippen molar-refractivity contribution in [3.63, 3.8) is 0 Å². The van der Waals surface area contributed by atoms with E-state index in [1.54, 1.807) is 36.4 Å². The number of phenols is 1. The Morgan fingerprint density at radius 1 is 0.759 bits per heavy atom. The highest BCUT2D eigenvalue weighted by Gasteiger charge is 2.12. The molecule has 0 radical (unpaired) electrons. The van der Waals surface area contributed by atoms with E-state index in [0.29, 0.717) is 11.1 Å². The van der Waals surface area contributed by atoms with Gasteiger partial charge in [0.1, 0.15) is 10.6 Å². The highest BCUT2D eigenvalue weighted by atomic mass is 32.2. The van der Waals surface area contributed by atoms with E-state index in [1.165, 1.54) is 44.6 Å². The summed E-state index contributed by atoms with van der Waals surface area (Å²) < 4.78 is 31.0. The highest BCUT2D eigenvalue weighted by Crippen LogP contribution is 2.22. The van der Waals surface area contributed by atoms with Crippen LogP contribution in [0, 0.1) is 0 Å². The Balaban J connectivity index is 0.000000207. The van der Waals surface area contributed by atoms with Gasteiger partial charge in [0.2, 0.25) is 0 Å². The molecule has 3 rings (SSSR count). The molecular formula is C24H30O4S. The molecule has 0 aliphatic rings. The maximum Gasteiger partial charge on any atom is 0.295 e. The van der Waals surface area contributed by atoms with Crippen LogP contribution in [0.1, 0.15) is 51.0 Å². The topological polar surface area (TPSA) is 74.6 Å². The van der Waals surface area contributed by atoms with Crippen LogP contribution in [0.25, 0.3) is 10.8 Å². The standard InChI is InChI=1S/C14H22O.C10H8O3S/c1-2-3-4-5-6-7-10-13-11-8-9-12-14(13)15;11-14(12,13)10-7-3-5-8-4-1-2-6-9(8)10/h8-9,11-12,15H,2-7,10H2,1H3;1-7H,(H,11,12,13). The molecule has 156 valence electrons. The predicted molar refractivity (Wildman–Crippen MR) is 119 cm³/mol. The average molecular weight is 415 g/mol. The minimum absolute atomic E-state index is 0.0457. The van der Waals surface area contributed by atoms with Crippen molar-refractivity contribution in [1.29, 1.82) is 0 Å². The molecular weight excluding hydrogens is 384 g/mol. The van der Waals surface area contributed by atoms with Crippen molar-refractivity contribution in [2.45, 2.75) is 56.8 Å². The molecule has 2 N–H and O–H groups in total. The lowest BCUT2D eigenvalue weighted by Gasteiger charge is -2.03. The van der Waals surface area contributed by atoms with Gasteiger partial charge in [0.05, 0.1) is 0 Å². The summed E-state index contributed by atoms with van der Waals surface area (Å²) in [5, 5.41) is 10.9. The van der Waals surface area contributed by atoms with Gasteiger partial charge in [0.25, 0.3) is 10.1 Å². The molecule has 3 aromatic carbocycles. The van der Waals surface area contributed by atoms with Crippen molar-refractivity contribution < 1.29 is 18.1 Å². The third-order valence-corrected chi connectivity index (χ3v) is 5.73. The summed E-state index contributed by atoms with van der Waals surface area (Å²) in [5.74, 6) is 0.450. The van der Waals surface area contributed by atoms with Gasteiger partial charge in [0.15, 0.2) is 0 Å². The van der Waals surface area contributed by atoms with Crippen LogP contribution in [0.5, 0.6) is 5.75 Å². The zero-order valence-electron chi connectivity index (χ0n) is 16.9. The molecule has 5 heteroatoms. The minimum atomic E-state index is -4.13. The molecule has 4 nitrogen and oxygen atoms in total. The van der Waals surface area contributed by atoms with Gasteiger partial charge in [0, 0.05) is 5.39 Å². The first kappa shape index (κ1) is 22.9. The number of para-hydroxylation sites is 1. The van der Waals surface area contributed by atoms with Gasteiger partial charge in [-0.1, -0.05) is 93.6 Å². The Kier molecular flexibility index (Phi) is 9.16. The summed E-state index contributed by atoms with van der Waals surface area (Å²) in [6, 6.07) is 19.4. The Morgan fingerprint density at radius 3 is 2.10 bits per heavy atom. The summed E-state index contributed by atoms with van der Waals surface area (Å²) >= 11 is 0. The zero-order valence-corrected chi connectivity index (χ0v) is 17.7. The normalized spacial score (nSPS) is 11.1. The van der Waals surface area contributed by atoms with Crippen LogP contribution in [0.3, 0.4) is 0 Å². The molecule has 3 aromatic rings. The maximum atomic E-state index is 11.0. The second-order valence-corrected chi connectivity index (χ2v) is 8.49. The van der Waals surface area contributed by atoms with Crippen LogP contribution in [0.4, 0.5) is 0 Å². The summed E-state index contributed by atoms with van der Waals surface area (Å²) in [7, 11) is -4.13. The van der Waals surface area contributed by atoms with Gasteiger partial charge in [-0.05, 0) is 35.9 Å². The number of hydrogen-bond donors (Lipinski definition) is 2. The largest absolute Gasteiger partial charge is 0.508 e. The van der Waals surface area contributed by atoms with E-state index in [2.05, 4.69) is 6.92 Å². The molecule has 0 unspecified atom stereocenters. The molecule has 0 spiro atoms. The molecule has 0 atom stereocenters. The van der Waals surface area contributed by atoms with Crippen molar-refractivity contribution >= 4 is 20.9 Å². The summed E-state index contributed by atoms with van der Waals surface area (Å²) in [6.45, 7) is 2.24. The number of benzene rings is 3. The molecule has 0 aromatic heterocycles. The molecule has 0 fully saturated rings. The van der Waals surface area contributed by atoms with Gasteiger partial charge in [-0.3, -0.25) is 4.55 Å². The van der Waals surface area contributed by atoms with E-state index in [9.17, 15) is 13.5 Å². The fourth-order valence-electron chi connectivity index (χ4n) is 3.24. The van der Waals surface area contributed by atoms with Crippen LogP contribution in [0.15, 0.2) is 71.6 Å². The van der Waals surface area contributed by atoms with Crippen LogP contribution < -0.4 is 0 Å². The van der Waals surface area contributed by atoms with E-state index in [0.717, 1.165) is 17.4 Å². The number of phenolic OH excluding ortho intramolecular Hbond substituents is 1. The van der Waals surface area contributed by atoms with E-state index in [4.69, 9.17) is 4.55 Å². The van der Waals surface area contributed by atoms with Crippen molar-refractivity contribution in [3.05, 3.63) is 72.3 Å². The predicted octanol–water partition coefficient (Wildman–Crippen LogP) is 6.38. The third-order valence-electron chi connectivity index (χ3n) is 4.82. The number of aryl methyl sites for hydroxylation is 1. The van der Waals surface area contributed by atoms with Gasteiger partial charge >= 0.3 is 0 Å². The second-order valence-electron chi connectivity index (χ2n) is 7.10. The first-order valence-corrected chi connectivity index (χ1v) is 11.6. The van der Waals surface area contributed by atoms with Crippen molar-refractivity contribution in [2.75, 3.05) is 0 Å². The average Bonchev–Trinajstić information content (AvgIpc) is 2.71.